The Labute approximate surface area is 169 Å². The number of hydrogen-bond donors (Lipinski definition) is 1. The van der Waals surface area contributed by atoms with E-state index in [0.717, 1.165) is 43.7 Å². The Kier molecular flexibility index (Phi) is 6.14. The summed E-state index contributed by atoms with van der Waals surface area (Å²) in [7, 11) is 5.59. The van der Waals surface area contributed by atoms with Crippen molar-refractivity contribution in [3.63, 3.8) is 0 Å². The molecule has 4 atom stereocenters. The summed E-state index contributed by atoms with van der Waals surface area (Å²) < 4.78 is 11.1. The molecule has 5 nitrogen and oxygen atoms in total. The first-order valence-corrected chi connectivity index (χ1v) is 10.4. The van der Waals surface area contributed by atoms with E-state index in [0.29, 0.717) is 12.1 Å². The van der Waals surface area contributed by atoms with E-state index in [1.165, 1.54) is 5.56 Å². The van der Waals surface area contributed by atoms with Gasteiger partial charge in [-0.1, -0.05) is 6.07 Å². The van der Waals surface area contributed by atoms with Crippen LogP contribution in [0.1, 0.15) is 38.2 Å². The molecule has 1 aliphatic heterocycles. The average molecular weight is 472 g/mol. The van der Waals surface area contributed by atoms with Crippen LogP contribution in [0.15, 0.2) is 18.2 Å². The van der Waals surface area contributed by atoms with Crippen molar-refractivity contribution in [2.45, 2.75) is 56.1 Å². The highest BCUT2D eigenvalue weighted by Gasteiger charge is 2.50. The third-order valence-electron chi connectivity index (χ3n) is 6.31. The highest BCUT2D eigenvalue weighted by atomic mass is 127. The van der Waals surface area contributed by atoms with Crippen LogP contribution in [0.4, 0.5) is 0 Å². The maximum absolute atomic E-state index is 11.6. The Morgan fingerprint density at radius 3 is 2.69 bits per heavy atom. The van der Waals surface area contributed by atoms with E-state index in [-0.39, 0.29) is 15.2 Å². The summed E-state index contributed by atoms with van der Waals surface area (Å²) in [5.74, 6) is 1.58. The summed E-state index contributed by atoms with van der Waals surface area (Å²) in [6.07, 6.45) is 4.44. The fourth-order valence-electron chi connectivity index (χ4n) is 4.83. The predicted molar refractivity (Wildman–Crippen MR) is 112 cm³/mol. The molecule has 6 heteroatoms. The normalized spacial score (nSPS) is 29.9. The first-order chi connectivity index (χ1) is 12.4. The summed E-state index contributed by atoms with van der Waals surface area (Å²) in [5, 5.41) is 3.53. The number of rotatable bonds is 6. The lowest BCUT2D eigenvalue weighted by Gasteiger charge is -2.45. The van der Waals surface area contributed by atoms with Crippen LogP contribution in [0, 0.1) is 0 Å². The van der Waals surface area contributed by atoms with Gasteiger partial charge in [-0.2, -0.15) is 0 Å². The molecule has 1 aromatic carbocycles. The summed E-state index contributed by atoms with van der Waals surface area (Å²) in [6, 6.07) is 7.18. The monoisotopic (exact) mass is 472 g/mol. The Morgan fingerprint density at radius 1 is 1.31 bits per heavy atom. The molecule has 2 fully saturated rings. The lowest BCUT2D eigenvalue weighted by molar-refractivity contribution is -0.111. The minimum Gasteiger partial charge on any atom is -0.493 e. The van der Waals surface area contributed by atoms with Crippen molar-refractivity contribution in [2.24, 2.45) is 0 Å². The van der Waals surface area contributed by atoms with E-state index in [4.69, 9.17) is 9.47 Å². The fourth-order valence-corrected chi connectivity index (χ4v) is 5.01. The fraction of sp³-hybridized carbons (Fsp3) is 0.650. The van der Waals surface area contributed by atoms with Crippen molar-refractivity contribution in [1.29, 1.82) is 0 Å². The number of likely N-dealkylation sites (N-methyl/N-ethyl adjacent to an activating group) is 1. The van der Waals surface area contributed by atoms with Gasteiger partial charge >= 0.3 is 0 Å². The topological polar surface area (TPSA) is 50.8 Å². The molecule has 0 amide bonds. The van der Waals surface area contributed by atoms with Crippen LogP contribution in [0.2, 0.25) is 0 Å². The van der Waals surface area contributed by atoms with E-state index in [2.05, 4.69) is 29.4 Å². The number of carbonyl (C=O) groups excluding carboxylic acids is 1. The summed E-state index contributed by atoms with van der Waals surface area (Å²) in [4.78, 5) is 14.1. The number of ether oxygens (including phenoxy) is 2. The van der Waals surface area contributed by atoms with Crippen molar-refractivity contribution in [1.82, 2.24) is 10.2 Å². The molecule has 3 rings (SSSR count). The van der Waals surface area contributed by atoms with Crippen LogP contribution < -0.4 is 14.8 Å². The van der Waals surface area contributed by atoms with Gasteiger partial charge in [0.05, 0.1) is 20.3 Å². The van der Waals surface area contributed by atoms with Gasteiger partial charge < -0.3 is 19.7 Å². The van der Waals surface area contributed by atoms with Gasteiger partial charge in [0, 0.05) is 40.1 Å². The minimum atomic E-state index is -0.0825. The standard InChI is InChI=1S/C20H29IN2O3/c1-13(19(21)24)22-15-7-8-20(9-10-23(2)18(20)12-15)14-5-6-16(25-3)17(11-14)26-4/h5-6,11,13,15,18,22H,7-10,12H2,1-4H3/t13?,15?,18-,20-/m0/s1. The van der Waals surface area contributed by atoms with Crippen molar-refractivity contribution in [3.05, 3.63) is 23.8 Å². The van der Waals surface area contributed by atoms with E-state index in [1.54, 1.807) is 14.2 Å². The maximum atomic E-state index is 11.6. The second-order valence-electron chi connectivity index (χ2n) is 7.64. The van der Waals surface area contributed by atoms with Gasteiger partial charge in [-0.05, 0) is 63.9 Å². The number of nitrogens with zero attached hydrogens (tertiary/aromatic N) is 1. The third kappa shape index (κ3) is 3.60. The smallest absolute Gasteiger partial charge is 0.208 e. The zero-order chi connectivity index (χ0) is 18.9. The van der Waals surface area contributed by atoms with Crippen LogP contribution in [0.25, 0.3) is 0 Å². The van der Waals surface area contributed by atoms with Crippen molar-refractivity contribution in [2.75, 3.05) is 27.8 Å². The number of halogens is 1. The summed E-state index contributed by atoms with van der Waals surface area (Å²) in [5.41, 5.74) is 1.50. The quantitative estimate of drug-likeness (QED) is 0.510. The number of nitrogens with one attached hydrogen (secondary N) is 1. The molecule has 1 N–H and O–H groups in total. The van der Waals surface area contributed by atoms with Gasteiger partial charge in [0.25, 0.3) is 0 Å². The highest BCUT2D eigenvalue weighted by Crippen LogP contribution is 2.49. The molecular weight excluding hydrogens is 443 g/mol. The van der Waals surface area contributed by atoms with E-state index >= 15 is 0 Å². The zero-order valence-corrected chi connectivity index (χ0v) is 18.2. The highest BCUT2D eigenvalue weighted by molar-refractivity contribution is 14.1. The minimum absolute atomic E-state index is 0.0825. The second-order valence-corrected chi connectivity index (χ2v) is 8.70. The van der Waals surface area contributed by atoms with E-state index in [1.807, 2.05) is 35.6 Å². The van der Waals surface area contributed by atoms with Crippen molar-refractivity contribution in [3.8, 4) is 11.5 Å². The van der Waals surface area contributed by atoms with Crippen LogP contribution >= 0.6 is 22.6 Å². The summed E-state index contributed by atoms with van der Waals surface area (Å²) in [6.45, 7) is 3.07. The molecule has 1 saturated heterocycles. The molecule has 0 bridgehead atoms. The van der Waals surface area contributed by atoms with Crippen molar-refractivity contribution < 1.29 is 14.3 Å². The lowest BCUT2D eigenvalue weighted by Crippen LogP contribution is -2.52. The molecule has 2 aliphatic rings. The van der Waals surface area contributed by atoms with E-state index < -0.39 is 0 Å². The van der Waals surface area contributed by atoms with Crippen LogP contribution in [0.5, 0.6) is 11.5 Å². The van der Waals surface area contributed by atoms with Gasteiger partial charge in [0.1, 0.15) is 0 Å². The molecule has 1 aliphatic carbocycles. The van der Waals surface area contributed by atoms with Gasteiger partial charge in [-0.15, -0.1) is 0 Å². The molecule has 0 aromatic heterocycles. The van der Waals surface area contributed by atoms with Crippen LogP contribution in [-0.4, -0.2) is 54.6 Å². The summed E-state index contributed by atoms with van der Waals surface area (Å²) >= 11 is 1.89. The number of methoxy groups -OCH3 is 2. The first kappa shape index (κ1) is 19.9. The molecule has 0 radical (unpaired) electrons. The number of carbonyl (C=O) groups is 1. The molecule has 2 unspecified atom stereocenters. The van der Waals surface area contributed by atoms with E-state index in [9.17, 15) is 4.79 Å². The first-order valence-electron chi connectivity index (χ1n) is 9.29. The van der Waals surface area contributed by atoms with Crippen molar-refractivity contribution >= 4 is 26.4 Å². The molecule has 1 heterocycles. The Bertz CT molecular complexity index is 668. The Balaban J connectivity index is 1.86. The molecule has 144 valence electrons. The maximum Gasteiger partial charge on any atom is 0.208 e. The Hall–Kier alpha value is -0.860. The van der Waals surface area contributed by atoms with Gasteiger partial charge in [-0.3, -0.25) is 4.79 Å². The SMILES string of the molecule is COc1ccc([C@@]23CCC(NC(C)C(=O)I)C[C@@H]2N(C)CC3)cc1OC. The molecule has 26 heavy (non-hydrogen) atoms. The second kappa shape index (κ2) is 8.02. The van der Waals surface area contributed by atoms with Gasteiger partial charge in [0.2, 0.25) is 3.79 Å². The molecule has 1 aromatic rings. The van der Waals surface area contributed by atoms with Gasteiger partial charge in [0.15, 0.2) is 11.5 Å². The number of benzene rings is 1. The third-order valence-corrected chi connectivity index (χ3v) is 7.25. The average Bonchev–Trinajstić information content (AvgIpc) is 2.98. The molecule has 0 spiro atoms. The number of hydrogen-bond acceptors (Lipinski definition) is 5. The van der Waals surface area contributed by atoms with Crippen LogP contribution in [0.3, 0.4) is 0 Å². The van der Waals surface area contributed by atoms with Gasteiger partial charge in [-0.25, -0.2) is 0 Å². The lowest BCUT2D eigenvalue weighted by atomic mass is 9.65. The number of likely N-dealkylation sites (tertiary alicyclic amines) is 1. The predicted octanol–water partition coefficient (Wildman–Crippen LogP) is 3.14. The zero-order valence-electron chi connectivity index (χ0n) is 16.0. The molecular formula is C20H29IN2O3. The molecule has 1 saturated carbocycles. The van der Waals surface area contributed by atoms with Crippen LogP contribution in [-0.2, 0) is 10.2 Å². The Morgan fingerprint density at radius 2 is 2.04 bits per heavy atom. The number of fused-ring (bicyclic) bond motifs is 1. The largest absolute Gasteiger partial charge is 0.493 e.